The standard InChI is InChI=1S/C19H18N2O4S/c1-12-11-14-9-6-10-15-16(13-7-4-3-5-8-13)20-18(25-26(2,23)24)19(22)21(12)17(14)15/h3-10,12,18H,11H2,1-2H3. The van der Waals surface area contributed by atoms with Crippen molar-refractivity contribution in [2.75, 3.05) is 11.2 Å². The molecule has 2 heterocycles. The van der Waals surface area contributed by atoms with Crippen LogP contribution in [0.4, 0.5) is 5.69 Å². The molecular weight excluding hydrogens is 352 g/mol. The molecule has 1 amide bonds. The molecule has 0 saturated heterocycles. The van der Waals surface area contributed by atoms with Crippen LogP contribution in [-0.4, -0.2) is 38.6 Å². The fourth-order valence-corrected chi connectivity index (χ4v) is 4.06. The van der Waals surface area contributed by atoms with Gasteiger partial charge < -0.3 is 4.90 Å². The van der Waals surface area contributed by atoms with Crippen LogP contribution in [0.2, 0.25) is 0 Å². The lowest BCUT2D eigenvalue weighted by Gasteiger charge is -2.24. The third-order valence-electron chi connectivity index (χ3n) is 4.58. The highest BCUT2D eigenvalue weighted by molar-refractivity contribution is 7.86. The van der Waals surface area contributed by atoms with Gasteiger partial charge >= 0.3 is 0 Å². The highest BCUT2D eigenvalue weighted by Crippen LogP contribution is 2.39. The molecule has 2 aromatic rings. The number of nitrogens with zero attached hydrogens (tertiary/aromatic N) is 2. The monoisotopic (exact) mass is 370 g/mol. The molecule has 0 spiro atoms. The Morgan fingerprint density at radius 3 is 2.54 bits per heavy atom. The van der Waals surface area contributed by atoms with E-state index in [9.17, 15) is 13.2 Å². The first-order valence-corrected chi connectivity index (χ1v) is 10.1. The van der Waals surface area contributed by atoms with Crippen molar-refractivity contribution in [3.8, 4) is 0 Å². The zero-order valence-electron chi connectivity index (χ0n) is 14.4. The SMILES string of the molecule is CC1Cc2cccc3c2N1C(=O)C(OS(C)(=O)=O)N=C3c1ccccc1. The van der Waals surface area contributed by atoms with Gasteiger partial charge in [-0.1, -0.05) is 48.5 Å². The second kappa shape index (κ2) is 6.03. The summed E-state index contributed by atoms with van der Waals surface area (Å²) in [5.74, 6) is -0.458. The van der Waals surface area contributed by atoms with E-state index in [4.69, 9.17) is 4.18 Å². The fraction of sp³-hybridized carbons (Fsp3) is 0.263. The Bertz CT molecular complexity index is 1020. The van der Waals surface area contributed by atoms with E-state index in [1.165, 1.54) is 0 Å². The molecule has 2 aliphatic heterocycles. The lowest BCUT2D eigenvalue weighted by atomic mass is 9.98. The van der Waals surface area contributed by atoms with Crippen LogP contribution in [0, 0.1) is 0 Å². The summed E-state index contributed by atoms with van der Waals surface area (Å²) in [6, 6.07) is 15.2. The molecule has 0 saturated carbocycles. The van der Waals surface area contributed by atoms with Gasteiger partial charge in [0.15, 0.2) is 0 Å². The fourth-order valence-electron chi connectivity index (χ4n) is 3.60. The van der Waals surface area contributed by atoms with Crippen LogP contribution in [0.15, 0.2) is 53.5 Å². The molecular formula is C19H18N2O4S. The topological polar surface area (TPSA) is 76.0 Å². The van der Waals surface area contributed by atoms with Gasteiger partial charge in [-0.3, -0.25) is 4.79 Å². The van der Waals surface area contributed by atoms with Crippen molar-refractivity contribution in [3.05, 3.63) is 65.2 Å². The average molecular weight is 370 g/mol. The molecule has 6 nitrogen and oxygen atoms in total. The molecule has 0 N–H and O–H groups in total. The van der Waals surface area contributed by atoms with Gasteiger partial charge in [-0.2, -0.15) is 8.42 Å². The van der Waals surface area contributed by atoms with Crippen molar-refractivity contribution in [3.63, 3.8) is 0 Å². The van der Waals surface area contributed by atoms with Crippen molar-refractivity contribution in [1.29, 1.82) is 0 Å². The van der Waals surface area contributed by atoms with E-state index in [0.29, 0.717) is 12.1 Å². The van der Waals surface area contributed by atoms with Crippen molar-refractivity contribution in [2.45, 2.75) is 25.6 Å². The molecule has 4 rings (SSSR count). The summed E-state index contributed by atoms with van der Waals surface area (Å²) in [6.07, 6.45) is 0.207. The average Bonchev–Trinajstić information content (AvgIpc) is 2.87. The predicted molar refractivity (Wildman–Crippen MR) is 98.9 cm³/mol. The molecule has 26 heavy (non-hydrogen) atoms. The zero-order chi connectivity index (χ0) is 18.5. The van der Waals surface area contributed by atoms with Crippen LogP contribution < -0.4 is 4.90 Å². The normalized spacial score (nSPS) is 22.0. The molecule has 0 aromatic heterocycles. The zero-order valence-corrected chi connectivity index (χ0v) is 15.2. The van der Waals surface area contributed by atoms with Gasteiger partial charge in [0, 0.05) is 17.2 Å². The van der Waals surface area contributed by atoms with Gasteiger partial charge in [0.25, 0.3) is 16.0 Å². The van der Waals surface area contributed by atoms with E-state index in [1.54, 1.807) is 4.90 Å². The van der Waals surface area contributed by atoms with Crippen LogP contribution in [0.3, 0.4) is 0 Å². The van der Waals surface area contributed by atoms with Crippen LogP contribution in [0.1, 0.15) is 23.6 Å². The van der Waals surface area contributed by atoms with Crippen molar-refractivity contribution >= 4 is 27.4 Å². The summed E-state index contributed by atoms with van der Waals surface area (Å²) in [5.41, 5.74) is 4.02. The van der Waals surface area contributed by atoms with Crippen LogP contribution in [-0.2, 0) is 25.5 Å². The summed E-state index contributed by atoms with van der Waals surface area (Å²) in [7, 11) is -3.85. The van der Waals surface area contributed by atoms with Gasteiger partial charge in [0.1, 0.15) is 0 Å². The molecule has 0 radical (unpaired) electrons. The lowest BCUT2D eigenvalue weighted by Crippen LogP contribution is -2.43. The van der Waals surface area contributed by atoms with Crippen molar-refractivity contribution in [2.24, 2.45) is 4.99 Å². The maximum atomic E-state index is 13.1. The highest BCUT2D eigenvalue weighted by atomic mass is 32.2. The minimum absolute atomic E-state index is 0.0883. The Morgan fingerprint density at radius 2 is 1.85 bits per heavy atom. The molecule has 2 aromatic carbocycles. The maximum Gasteiger partial charge on any atom is 0.280 e. The number of hydrogen-bond acceptors (Lipinski definition) is 5. The lowest BCUT2D eigenvalue weighted by molar-refractivity contribution is -0.125. The number of rotatable bonds is 3. The van der Waals surface area contributed by atoms with Gasteiger partial charge in [-0.25, -0.2) is 9.18 Å². The second-order valence-corrected chi connectivity index (χ2v) is 8.17. The molecule has 0 fully saturated rings. The number of benzene rings is 2. The van der Waals surface area contributed by atoms with Crippen LogP contribution >= 0.6 is 0 Å². The van der Waals surface area contributed by atoms with E-state index in [1.807, 2.05) is 55.5 Å². The molecule has 134 valence electrons. The molecule has 0 bridgehead atoms. The number of carbonyl (C=O) groups is 1. The summed E-state index contributed by atoms with van der Waals surface area (Å²) >= 11 is 0. The summed E-state index contributed by atoms with van der Waals surface area (Å²) in [4.78, 5) is 19.1. The van der Waals surface area contributed by atoms with E-state index in [-0.39, 0.29) is 6.04 Å². The van der Waals surface area contributed by atoms with Gasteiger partial charge in [-0.05, 0) is 18.9 Å². The predicted octanol–water partition coefficient (Wildman–Crippen LogP) is 2.12. The van der Waals surface area contributed by atoms with E-state index < -0.39 is 22.3 Å². The quantitative estimate of drug-likeness (QED) is 0.776. The van der Waals surface area contributed by atoms with Crippen molar-refractivity contribution < 1.29 is 17.4 Å². The van der Waals surface area contributed by atoms with Crippen LogP contribution in [0.5, 0.6) is 0 Å². The molecule has 0 aliphatic carbocycles. The maximum absolute atomic E-state index is 13.1. The minimum atomic E-state index is -3.85. The Kier molecular flexibility index (Phi) is 3.93. The largest absolute Gasteiger partial charge is 0.304 e. The Hall–Kier alpha value is -2.51. The Labute approximate surface area is 152 Å². The number of para-hydroxylation sites is 1. The third-order valence-corrected chi connectivity index (χ3v) is 5.11. The van der Waals surface area contributed by atoms with Crippen molar-refractivity contribution in [1.82, 2.24) is 0 Å². The second-order valence-electron chi connectivity index (χ2n) is 6.57. The smallest absolute Gasteiger partial charge is 0.280 e. The molecule has 2 atom stereocenters. The number of aliphatic imine (C=N–C) groups is 1. The van der Waals surface area contributed by atoms with E-state index >= 15 is 0 Å². The van der Waals surface area contributed by atoms with Gasteiger partial charge in [-0.15, -0.1) is 0 Å². The first kappa shape index (κ1) is 16.9. The molecule has 2 unspecified atom stereocenters. The summed E-state index contributed by atoms with van der Waals surface area (Å²) in [6.45, 7) is 1.94. The first-order valence-electron chi connectivity index (χ1n) is 8.32. The molecule has 7 heteroatoms. The first-order chi connectivity index (χ1) is 12.3. The Balaban J connectivity index is 1.97. The highest BCUT2D eigenvalue weighted by Gasteiger charge is 2.41. The number of amides is 1. The molecule has 2 aliphatic rings. The number of carbonyl (C=O) groups excluding carboxylic acids is 1. The number of anilines is 1. The van der Waals surface area contributed by atoms with Gasteiger partial charge in [0.2, 0.25) is 6.23 Å². The summed E-state index contributed by atoms with van der Waals surface area (Å²) in [5, 5.41) is 0. The third kappa shape index (κ3) is 2.83. The van der Waals surface area contributed by atoms with Crippen LogP contribution in [0.25, 0.3) is 0 Å². The van der Waals surface area contributed by atoms with E-state index in [2.05, 4.69) is 4.99 Å². The number of hydrogen-bond donors (Lipinski definition) is 0. The van der Waals surface area contributed by atoms with E-state index in [0.717, 1.165) is 28.6 Å². The summed E-state index contributed by atoms with van der Waals surface area (Å²) < 4.78 is 28.5. The van der Waals surface area contributed by atoms with Gasteiger partial charge in [0.05, 0.1) is 17.7 Å². The minimum Gasteiger partial charge on any atom is -0.304 e. The Morgan fingerprint density at radius 1 is 1.12 bits per heavy atom.